The molecule has 2 unspecified atom stereocenters. The van der Waals surface area contributed by atoms with Crippen molar-refractivity contribution in [3.8, 4) is 0 Å². The number of aliphatic hydroxyl groups excluding tert-OH is 1. The summed E-state index contributed by atoms with van der Waals surface area (Å²) in [7, 11) is 0. The molecule has 0 spiro atoms. The van der Waals surface area contributed by atoms with Gasteiger partial charge in [0.2, 0.25) is 0 Å². The highest BCUT2D eigenvalue weighted by Crippen LogP contribution is 2.48. The van der Waals surface area contributed by atoms with Gasteiger partial charge in [-0.3, -0.25) is 4.79 Å². The molecule has 2 fully saturated rings. The fourth-order valence-electron chi connectivity index (χ4n) is 4.39. The van der Waals surface area contributed by atoms with Crippen molar-refractivity contribution in [3.05, 3.63) is 24.3 Å². The van der Waals surface area contributed by atoms with Gasteiger partial charge in [0.05, 0.1) is 11.7 Å². The highest BCUT2D eigenvalue weighted by molar-refractivity contribution is 5.99. The Hall–Kier alpha value is -0.930. The van der Waals surface area contributed by atoms with E-state index in [2.05, 4.69) is 20.4 Å². The molecule has 0 radical (unpaired) electrons. The summed E-state index contributed by atoms with van der Waals surface area (Å²) in [5.41, 5.74) is -0.157. The first kappa shape index (κ1) is 18.4. The molecule has 2 saturated carbocycles. The quantitative estimate of drug-likeness (QED) is 0.556. The van der Waals surface area contributed by atoms with E-state index in [1.807, 2.05) is 19.1 Å². The second kappa shape index (κ2) is 7.31. The standard InChI is InChI=1S/C20H32O3/c1-5-6-7-13(2)12-20(4,23)9-8-15-16-10-14(3)19(22)17(16)11-18(15)21/h8-9,13,15-18,21,23H,3,5-7,10-12H2,1-2,4H3/b9-8+/t13?,15-,16-,17-,18+,20?/m0/s1. The van der Waals surface area contributed by atoms with Crippen molar-refractivity contribution in [3.63, 3.8) is 0 Å². The van der Waals surface area contributed by atoms with Crippen LogP contribution in [0.1, 0.15) is 59.3 Å². The van der Waals surface area contributed by atoms with Crippen LogP contribution in [0.3, 0.4) is 0 Å². The van der Waals surface area contributed by atoms with E-state index in [-0.39, 0.29) is 23.5 Å². The largest absolute Gasteiger partial charge is 0.392 e. The number of unbranched alkanes of at least 4 members (excludes halogenated alkanes) is 1. The monoisotopic (exact) mass is 320 g/mol. The van der Waals surface area contributed by atoms with Crippen molar-refractivity contribution in [2.24, 2.45) is 23.7 Å². The molecule has 2 aliphatic carbocycles. The van der Waals surface area contributed by atoms with Crippen molar-refractivity contribution in [2.75, 3.05) is 0 Å². The third-order valence-corrected chi connectivity index (χ3v) is 5.61. The number of ketones is 1. The molecule has 23 heavy (non-hydrogen) atoms. The molecular formula is C20H32O3. The Bertz CT molecular complexity index is 477. The number of rotatable bonds is 7. The molecule has 2 rings (SSSR count). The molecule has 3 heteroatoms. The molecule has 0 aliphatic heterocycles. The smallest absolute Gasteiger partial charge is 0.161 e. The number of hydrogen-bond acceptors (Lipinski definition) is 3. The number of carbonyl (C=O) groups is 1. The molecule has 0 bridgehead atoms. The molecule has 2 N–H and O–H groups in total. The summed E-state index contributed by atoms with van der Waals surface area (Å²) in [6.07, 6.45) is 8.76. The SMILES string of the molecule is C=C1C[C@H]2[C@H](/C=C/C(C)(O)CC(C)CCCC)[C@H](O)C[C@@H]2C1=O. The summed E-state index contributed by atoms with van der Waals surface area (Å²) in [6, 6.07) is 0. The van der Waals surface area contributed by atoms with Crippen LogP contribution in [-0.2, 0) is 4.79 Å². The van der Waals surface area contributed by atoms with Crippen LogP contribution in [0.2, 0.25) is 0 Å². The van der Waals surface area contributed by atoms with Gasteiger partial charge in [0.1, 0.15) is 0 Å². The van der Waals surface area contributed by atoms with Gasteiger partial charge in [-0.2, -0.15) is 0 Å². The van der Waals surface area contributed by atoms with E-state index >= 15 is 0 Å². The molecule has 0 aromatic rings. The van der Waals surface area contributed by atoms with Gasteiger partial charge < -0.3 is 10.2 Å². The minimum absolute atomic E-state index is 0.0411. The number of allylic oxidation sites excluding steroid dienone is 1. The molecule has 0 aromatic carbocycles. The highest BCUT2D eigenvalue weighted by atomic mass is 16.3. The van der Waals surface area contributed by atoms with Gasteiger partial charge in [0, 0.05) is 11.8 Å². The Morgan fingerprint density at radius 1 is 1.48 bits per heavy atom. The minimum atomic E-state index is -0.857. The van der Waals surface area contributed by atoms with Crippen LogP contribution >= 0.6 is 0 Å². The number of fused-ring (bicyclic) bond motifs is 1. The summed E-state index contributed by atoms with van der Waals surface area (Å²) in [6.45, 7) is 10.0. The topological polar surface area (TPSA) is 57.5 Å². The molecule has 0 aromatic heterocycles. The number of Topliss-reactive ketones (excluding diaryl/α,β-unsaturated/α-hetero) is 1. The van der Waals surface area contributed by atoms with Gasteiger partial charge in [-0.05, 0) is 43.6 Å². The fraction of sp³-hybridized carbons (Fsp3) is 0.750. The van der Waals surface area contributed by atoms with E-state index in [1.165, 1.54) is 12.8 Å². The van der Waals surface area contributed by atoms with E-state index in [4.69, 9.17) is 0 Å². The lowest BCUT2D eigenvalue weighted by molar-refractivity contribution is -0.118. The first-order chi connectivity index (χ1) is 10.7. The zero-order valence-corrected chi connectivity index (χ0v) is 14.8. The van der Waals surface area contributed by atoms with Gasteiger partial charge in [0.25, 0.3) is 0 Å². The van der Waals surface area contributed by atoms with Gasteiger partial charge in [0.15, 0.2) is 5.78 Å². The molecule has 6 atom stereocenters. The molecule has 0 saturated heterocycles. The summed E-state index contributed by atoms with van der Waals surface area (Å²) in [4.78, 5) is 12.0. The molecule has 3 nitrogen and oxygen atoms in total. The lowest BCUT2D eigenvalue weighted by Crippen LogP contribution is -2.25. The van der Waals surface area contributed by atoms with Gasteiger partial charge in [-0.1, -0.05) is 51.8 Å². The summed E-state index contributed by atoms with van der Waals surface area (Å²) in [5, 5.41) is 20.9. The van der Waals surface area contributed by atoms with E-state index in [0.717, 1.165) is 12.8 Å². The van der Waals surface area contributed by atoms with Crippen LogP contribution in [0.5, 0.6) is 0 Å². The second-order valence-electron chi connectivity index (χ2n) is 7.99. The Morgan fingerprint density at radius 2 is 2.17 bits per heavy atom. The average Bonchev–Trinajstić information content (AvgIpc) is 2.91. The van der Waals surface area contributed by atoms with Gasteiger partial charge >= 0.3 is 0 Å². The van der Waals surface area contributed by atoms with E-state index in [9.17, 15) is 15.0 Å². The van der Waals surface area contributed by atoms with E-state index in [1.54, 1.807) is 0 Å². The van der Waals surface area contributed by atoms with Gasteiger partial charge in [-0.15, -0.1) is 0 Å². The van der Waals surface area contributed by atoms with Crippen LogP contribution in [0.25, 0.3) is 0 Å². The highest BCUT2D eigenvalue weighted by Gasteiger charge is 2.49. The van der Waals surface area contributed by atoms with E-state index < -0.39 is 11.7 Å². The second-order valence-corrected chi connectivity index (χ2v) is 7.99. The third kappa shape index (κ3) is 4.33. The molecule has 0 heterocycles. The third-order valence-electron chi connectivity index (χ3n) is 5.61. The number of aliphatic hydroxyl groups is 2. The normalized spacial score (nSPS) is 34.8. The van der Waals surface area contributed by atoms with Crippen molar-refractivity contribution < 1.29 is 15.0 Å². The first-order valence-corrected chi connectivity index (χ1v) is 9.07. The van der Waals surface area contributed by atoms with Crippen LogP contribution in [0, 0.1) is 23.7 Å². The zero-order valence-electron chi connectivity index (χ0n) is 14.8. The number of hydrogen-bond donors (Lipinski definition) is 2. The molecule has 2 aliphatic rings. The van der Waals surface area contributed by atoms with Crippen molar-refractivity contribution >= 4 is 5.78 Å². The van der Waals surface area contributed by atoms with Crippen LogP contribution in [-0.4, -0.2) is 27.7 Å². The summed E-state index contributed by atoms with van der Waals surface area (Å²) in [5.74, 6) is 0.657. The van der Waals surface area contributed by atoms with Crippen LogP contribution < -0.4 is 0 Å². The van der Waals surface area contributed by atoms with Crippen molar-refractivity contribution in [1.29, 1.82) is 0 Å². The summed E-state index contributed by atoms with van der Waals surface area (Å²) >= 11 is 0. The van der Waals surface area contributed by atoms with Crippen molar-refractivity contribution in [2.45, 2.75) is 71.0 Å². The van der Waals surface area contributed by atoms with E-state index in [0.29, 0.717) is 24.3 Å². The number of carbonyl (C=O) groups excluding carboxylic acids is 1. The molecule has 130 valence electrons. The maximum Gasteiger partial charge on any atom is 0.161 e. The maximum absolute atomic E-state index is 12.0. The maximum atomic E-state index is 12.0. The Morgan fingerprint density at radius 3 is 2.83 bits per heavy atom. The Balaban J connectivity index is 1.98. The molecule has 0 amide bonds. The Labute approximate surface area is 140 Å². The zero-order chi connectivity index (χ0) is 17.2. The predicted molar refractivity (Wildman–Crippen MR) is 92.9 cm³/mol. The molecular weight excluding hydrogens is 288 g/mol. The first-order valence-electron chi connectivity index (χ1n) is 9.07. The lowest BCUT2D eigenvalue weighted by Gasteiger charge is -2.25. The van der Waals surface area contributed by atoms with Crippen molar-refractivity contribution in [1.82, 2.24) is 0 Å². The van der Waals surface area contributed by atoms with Crippen LogP contribution in [0.15, 0.2) is 24.3 Å². The fourth-order valence-corrected chi connectivity index (χ4v) is 4.39. The lowest BCUT2D eigenvalue weighted by atomic mass is 9.86. The average molecular weight is 320 g/mol. The summed E-state index contributed by atoms with van der Waals surface area (Å²) < 4.78 is 0. The minimum Gasteiger partial charge on any atom is -0.392 e. The Kier molecular flexibility index (Phi) is 5.85. The predicted octanol–water partition coefficient (Wildman–Crippen LogP) is 3.65. The van der Waals surface area contributed by atoms with Crippen LogP contribution in [0.4, 0.5) is 0 Å². The van der Waals surface area contributed by atoms with Gasteiger partial charge in [-0.25, -0.2) is 0 Å².